The molecule has 0 bridgehead atoms. The Labute approximate surface area is 91.8 Å². The zero-order valence-electron chi connectivity index (χ0n) is 9.40. The standard InChI is InChI=1S/C11H17NO2S/c1-4-10-6-8-11(9-7-10)12(3)15(13,14)5-2/h6-9H,4-5H2,1-3H3. The Kier molecular flexibility index (Phi) is 3.74. The van der Waals surface area contributed by atoms with Gasteiger partial charge in [-0.05, 0) is 31.0 Å². The summed E-state index contributed by atoms with van der Waals surface area (Å²) in [7, 11) is -1.55. The minimum absolute atomic E-state index is 0.124. The average molecular weight is 227 g/mol. The van der Waals surface area contributed by atoms with E-state index in [0.29, 0.717) is 5.69 Å². The lowest BCUT2D eigenvalue weighted by atomic mass is 10.1. The third-order valence-corrected chi connectivity index (χ3v) is 4.27. The predicted octanol–water partition coefficient (Wildman–Crippen LogP) is 2.03. The number of nitrogens with zero attached hydrogens (tertiary/aromatic N) is 1. The summed E-state index contributed by atoms with van der Waals surface area (Å²) in [5, 5.41) is 0. The van der Waals surface area contributed by atoms with Crippen LogP contribution in [-0.4, -0.2) is 21.2 Å². The number of hydrogen-bond acceptors (Lipinski definition) is 2. The topological polar surface area (TPSA) is 37.4 Å². The van der Waals surface area contributed by atoms with Gasteiger partial charge in [-0.25, -0.2) is 8.42 Å². The molecule has 0 unspecified atom stereocenters. The van der Waals surface area contributed by atoms with Crippen molar-refractivity contribution in [3.63, 3.8) is 0 Å². The van der Waals surface area contributed by atoms with Crippen LogP contribution in [0.1, 0.15) is 19.4 Å². The Morgan fingerprint density at radius 2 is 1.67 bits per heavy atom. The fraction of sp³-hybridized carbons (Fsp3) is 0.455. The van der Waals surface area contributed by atoms with Crippen LogP contribution in [0.2, 0.25) is 0 Å². The number of benzene rings is 1. The molecule has 3 nitrogen and oxygen atoms in total. The summed E-state index contributed by atoms with van der Waals surface area (Å²) < 4.78 is 24.5. The van der Waals surface area contributed by atoms with Gasteiger partial charge in [-0.3, -0.25) is 4.31 Å². The smallest absolute Gasteiger partial charge is 0.234 e. The van der Waals surface area contributed by atoms with Gasteiger partial charge in [0, 0.05) is 7.05 Å². The molecular formula is C11H17NO2S. The Bertz CT molecular complexity index is 409. The van der Waals surface area contributed by atoms with E-state index in [2.05, 4.69) is 6.92 Å². The lowest BCUT2D eigenvalue weighted by Gasteiger charge is -2.18. The molecule has 0 saturated carbocycles. The first-order chi connectivity index (χ1) is 7.01. The summed E-state index contributed by atoms with van der Waals surface area (Å²) in [4.78, 5) is 0. The van der Waals surface area contributed by atoms with Crippen molar-refractivity contribution < 1.29 is 8.42 Å². The zero-order chi connectivity index (χ0) is 11.5. The van der Waals surface area contributed by atoms with Crippen molar-refractivity contribution in [3.05, 3.63) is 29.8 Å². The van der Waals surface area contributed by atoms with Gasteiger partial charge in [-0.15, -0.1) is 0 Å². The molecule has 0 fully saturated rings. The molecular weight excluding hydrogens is 210 g/mol. The second-order valence-corrected chi connectivity index (χ2v) is 5.68. The van der Waals surface area contributed by atoms with Crippen LogP contribution in [0.4, 0.5) is 5.69 Å². The van der Waals surface area contributed by atoms with Crippen molar-refractivity contribution in [2.75, 3.05) is 17.1 Å². The number of anilines is 1. The molecule has 0 radical (unpaired) electrons. The quantitative estimate of drug-likeness (QED) is 0.789. The molecule has 0 aliphatic rings. The van der Waals surface area contributed by atoms with Crippen molar-refractivity contribution >= 4 is 15.7 Å². The molecule has 0 saturated heterocycles. The van der Waals surface area contributed by atoms with Gasteiger partial charge in [0.15, 0.2) is 0 Å². The van der Waals surface area contributed by atoms with E-state index in [0.717, 1.165) is 6.42 Å². The maximum atomic E-state index is 11.6. The van der Waals surface area contributed by atoms with Gasteiger partial charge in [0.05, 0.1) is 11.4 Å². The minimum atomic E-state index is -3.14. The van der Waals surface area contributed by atoms with E-state index in [1.165, 1.54) is 9.87 Å². The van der Waals surface area contributed by atoms with Gasteiger partial charge >= 0.3 is 0 Å². The van der Waals surface area contributed by atoms with Crippen LogP contribution >= 0.6 is 0 Å². The monoisotopic (exact) mass is 227 g/mol. The SMILES string of the molecule is CCc1ccc(N(C)S(=O)(=O)CC)cc1. The molecule has 0 amide bonds. The molecule has 0 aliphatic carbocycles. The van der Waals surface area contributed by atoms with Crippen LogP contribution in [0.15, 0.2) is 24.3 Å². The highest BCUT2D eigenvalue weighted by molar-refractivity contribution is 7.92. The van der Waals surface area contributed by atoms with Crippen LogP contribution < -0.4 is 4.31 Å². The first kappa shape index (κ1) is 12.0. The first-order valence-corrected chi connectivity index (χ1v) is 6.67. The van der Waals surface area contributed by atoms with Crippen LogP contribution in [-0.2, 0) is 16.4 Å². The molecule has 1 aromatic carbocycles. The van der Waals surface area contributed by atoms with Crippen molar-refractivity contribution in [3.8, 4) is 0 Å². The van der Waals surface area contributed by atoms with E-state index in [9.17, 15) is 8.42 Å². The Hall–Kier alpha value is -1.03. The molecule has 1 rings (SSSR count). The third kappa shape index (κ3) is 2.72. The molecule has 1 aromatic rings. The second kappa shape index (κ2) is 4.66. The number of hydrogen-bond donors (Lipinski definition) is 0. The largest absolute Gasteiger partial charge is 0.273 e. The van der Waals surface area contributed by atoms with Gasteiger partial charge in [-0.1, -0.05) is 19.1 Å². The zero-order valence-corrected chi connectivity index (χ0v) is 10.2. The molecule has 84 valence electrons. The number of rotatable bonds is 4. The third-order valence-electron chi connectivity index (χ3n) is 2.49. The van der Waals surface area contributed by atoms with Crippen LogP contribution in [0, 0.1) is 0 Å². The summed E-state index contributed by atoms with van der Waals surface area (Å²) in [5.41, 5.74) is 1.93. The molecule has 0 heterocycles. The lowest BCUT2D eigenvalue weighted by molar-refractivity contribution is 0.595. The van der Waals surface area contributed by atoms with Gasteiger partial charge < -0.3 is 0 Å². The first-order valence-electron chi connectivity index (χ1n) is 5.06. The van der Waals surface area contributed by atoms with Gasteiger partial charge in [0.2, 0.25) is 10.0 Å². The molecule has 4 heteroatoms. The summed E-state index contributed by atoms with van der Waals surface area (Å²) in [6, 6.07) is 7.59. The maximum absolute atomic E-state index is 11.6. The highest BCUT2D eigenvalue weighted by Gasteiger charge is 2.14. The van der Waals surface area contributed by atoms with E-state index in [1.54, 1.807) is 14.0 Å². The van der Waals surface area contributed by atoms with E-state index in [1.807, 2.05) is 24.3 Å². The van der Waals surface area contributed by atoms with Gasteiger partial charge in [0.25, 0.3) is 0 Å². The summed E-state index contributed by atoms with van der Waals surface area (Å²) >= 11 is 0. The van der Waals surface area contributed by atoms with E-state index in [4.69, 9.17) is 0 Å². The molecule has 0 aromatic heterocycles. The van der Waals surface area contributed by atoms with Gasteiger partial charge in [-0.2, -0.15) is 0 Å². The lowest BCUT2D eigenvalue weighted by Crippen LogP contribution is -2.27. The van der Waals surface area contributed by atoms with E-state index in [-0.39, 0.29) is 5.75 Å². The minimum Gasteiger partial charge on any atom is -0.273 e. The Balaban J connectivity index is 2.97. The van der Waals surface area contributed by atoms with E-state index < -0.39 is 10.0 Å². The maximum Gasteiger partial charge on any atom is 0.234 e. The van der Waals surface area contributed by atoms with Crippen molar-refractivity contribution in [1.82, 2.24) is 0 Å². The fourth-order valence-electron chi connectivity index (χ4n) is 1.30. The summed E-state index contributed by atoms with van der Waals surface area (Å²) in [5.74, 6) is 0.124. The van der Waals surface area contributed by atoms with E-state index >= 15 is 0 Å². The second-order valence-electron chi connectivity index (χ2n) is 3.39. The molecule has 15 heavy (non-hydrogen) atoms. The average Bonchev–Trinajstić information content (AvgIpc) is 2.28. The fourth-order valence-corrected chi connectivity index (χ4v) is 2.13. The van der Waals surface area contributed by atoms with Crippen molar-refractivity contribution in [2.24, 2.45) is 0 Å². The van der Waals surface area contributed by atoms with Gasteiger partial charge in [0.1, 0.15) is 0 Å². The number of sulfonamides is 1. The summed E-state index contributed by atoms with van der Waals surface area (Å²) in [6.45, 7) is 3.72. The van der Waals surface area contributed by atoms with Crippen molar-refractivity contribution in [2.45, 2.75) is 20.3 Å². The van der Waals surface area contributed by atoms with Crippen molar-refractivity contribution in [1.29, 1.82) is 0 Å². The number of aryl methyl sites for hydroxylation is 1. The summed E-state index contributed by atoms with van der Waals surface area (Å²) in [6.07, 6.45) is 0.963. The molecule has 0 aliphatic heterocycles. The normalized spacial score (nSPS) is 11.4. The Morgan fingerprint density at radius 1 is 1.13 bits per heavy atom. The molecule has 0 spiro atoms. The molecule has 0 atom stereocenters. The highest BCUT2D eigenvalue weighted by atomic mass is 32.2. The highest BCUT2D eigenvalue weighted by Crippen LogP contribution is 2.17. The van der Waals surface area contributed by atoms with Crippen LogP contribution in [0.25, 0.3) is 0 Å². The Morgan fingerprint density at radius 3 is 2.07 bits per heavy atom. The van der Waals surface area contributed by atoms with Crippen LogP contribution in [0.3, 0.4) is 0 Å². The van der Waals surface area contributed by atoms with Crippen LogP contribution in [0.5, 0.6) is 0 Å². The predicted molar refractivity (Wildman–Crippen MR) is 63.7 cm³/mol. The molecule has 0 N–H and O–H groups in total.